The Kier molecular flexibility index (Phi) is 4.38. The van der Waals surface area contributed by atoms with Gasteiger partial charge in [-0.05, 0) is 69.6 Å². The van der Waals surface area contributed by atoms with E-state index in [1.165, 1.54) is 0 Å². The Balaban J connectivity index is 4.40. The van der Waals surface area contributed by atoms with E-state index < -0.39 is 14.8 Å². The van der Waals surface area contributed by atoms with Gasteiger partial charge in [0.1, 0.15) is 0 Å². The molecular formula is C2HCl6NP+. The van der Waals surface area contributed by atoms with Gasteiger partial charge >= 0.3 is 14.8 Å². The summed E-state index contributed by atoms with van der Waals surface area (Å²) >= 11 is 31.7. The van der Waals surface area contributed by atoms with Crippen LogP contribution in [0.15, 0.2) is 0 Å². The lowest BCUT2D eigenvalue weighted by molar-refractivity contribution is 1.49. The molecule has 1 nitrogen and oxygen atoms in total. The molecule has 0 saturated carbocycles. The van der Waals surface area contributed by atoms with Crippen LogP contribution in [0.4, 0.5) is 0 Å². The predicted octanol–water partition coefficient (Wildman–Crippen LogP) is 4.89. The van der Waals surface area contributed by atoms with Crippen LogP contribution >= 0.6 is 77.3 Å². The van der Waals surface area contributed by atoms with Gasteiger partial charge in [0.2, 0.25) is 0 Å². The van der Waals surface area contributed by atoms with Crippen molar-refractivity contribution in [2.75, 3.05) is 0 Å². The van der Waals surface area contributed by atoms with Crippen LogP contribution in [0.3, 0.4) is 0 Å². The molecule has 0 rings (SSSR count). The Morgan fingerprint density at radius 3 is 1.00 bits per heavy atom. The van der Waals surface area contributed by atoms with E-state index in [0.717, 1.165) is 0 Å². The molecule has 0 amide bonds. The highest BCUT2D eigenvalue weighted by molar-refractivity contribution is 7.63. The third kappa shape index (κ3) is 4.01. The molecule has 0 heterocycles. The van der Waals surface area contributed by atoms with Gasteiger partial charge in [0.15, 0.2) is 0 Å². The lowest BCUT2D eigenvalue weighted by Gasteiger charge is -2.05. The standard InChI is InChI=1S/C2HCl6NP/c3-1(4,5)10(9)2(6,7)8/h9H/q+1. The highest BCUT2D eigenvalue weighted by atomic mass is 35.6. The second-order valence-electron chi connectivity index (χ2n) is 1.27. The van der Waals surface area contributed by atoms with Gasteiger partial charge in [-0.25, -0.2) is 0 Å². The average Bonchev–Trinajstić information content (AvgIpc) is 1.59. The van der Waals surface area contributed by atoms with Gasteiger partial charge in [0.25, 0.3) is 0 Å². The summed E-state index contributed by atoms with van der Waals surface area (Å²) in [7, 11) is -2.02. The van der Waals surface area contributed by atoms with Gasteiger partial charge in [0, 0.05) is 0 Å². The van der Waals surface area contributed by atoms with E-state index in [2.05, 4.69) is 0 Å². The molecule has 0 aliphatic heterocycles. The minimum atomic E-state index is -2.02. The van der Waals surface area contributed by atoms with Crippen molar-refractivity contribution >= 4 is 77.3 Å². The molecule has 0 fully saturated rings. The quantitative estimate of drug-likeness (QED) is 0.483. The van der Waals surface area contributed by atoms with Crippen LogP contribution in [0.2, 0.25) is 0 Å². The average molecular weight is 283 g/mol. The largest absolute Gasteiger partial charge is 0.372 e. The highest BCUT2D eigenvalue weighted by Crippen LogP contribution is 2.63. The fourth-order valence-corrected chi connectivity index (χ4v) is 3.88. The monoisotopic (exact) mass is 280 g/mol. The molecule has 0 saturated heterocycles. The summed E-state index contributed by atoms with van der Waals surface area (Å²) < 4.78 is -3.61. The van der Waals surface area contributed by atoms with Crippen LogP contribution in [-0.2, 0) is 0 Å². The third-order valence-electron chi connectivity index (χ3n) is 0.507. The number of rotatable bonds is 0. The van der Waals surface area contributed by atoms with Crippen molar-refractivity contribution in [2.24, 2.45) is 0 Å². The summed E-state index contributed by atoms with van der Waals surface area (Å²) in [5.74, 6) is 0. The topological polar surface area (TPSA) is 23.9 Å². The van der Waals surface area contributed by atoms with Crippen LogP contribution in [0.5, 0.6) is 0 Å². The minimum Gasteiger partial charge on any atom is -0.117 e. The second-order valence-corrected chi connectivity index (χ2v) is 9.43. The molecule has 0 aromatic rings. The van der Waals surface area contributed by atoms with Gasteiger partial charge in [-0.2, -0.15) is 0 Å². The summed E-state index contributed by atoms with van der Waals surface area (Å²) in [6.07, 6.45) is 0. The van der Waals surface area contributed by atoms with Gasteiger partial charge in [-0.3, -0.25) is 0 Å². The van der Waals surface area contributed by atoms with Crippen molar-refractivity contribution in [1.82, 2.24) is 0 Å². The molecule has 60 valence electrons. The Morgan fingerprint density at radius 1 is 0.800 bits per heavy atom. The van der Waals surface area contributed by atoms with E-state index in [9.17, 15) is 0 Å². The Morgan fingerprint density at radius 2 is 1.00 bits per heavy atom. The Labute approximate surface area is 89.1 Å². The molecular weight excluding hydrogens is 282 g/mol. The van der Waals surface area contributed by atoms with E-state index in [-0.39, 0.29) is 0 Å². The fourth-order valence-electron chi connectivity index (χ4n) is 0.144. The number of hydrogen-bond acceptors (Lipinski definition) is 1. The Hall–Kier alpha value is 1.84. The Bertz CT molecular complexity index is 127. The summed E-state index contributed by atoms with van der Waals surface area (Å²) in [5, 5.41) is 7.15. The van der Waals surface area contributed by atoms with E-state index in [1.807, 2.05) is 0 Å². The molecule has 0 spiro atoms. The fraction of sp³-hybridized carbons (Fsp3) is 1.00. The molecule has 0 radical (unpaired) electrons. The molecule has 0 atom stereocenters. The van der Waals surface area contributed by atoms with Crippen LogP contribution in [-0.4, -0.2) is 7.07 Å². The van der Waals surface area contributed by atoms with Crippen LogP contribution < -0.4 is 0 Å². The third-order valence-corrected chi connectivity index (χ3v) is 4.56. The van der Waals surface area contributed by atoms with Crippen molar-refractivity contribution in [3.63, 3.8) is 0 Å². The first-order valence-electron chi connectivity index (χ1n) is 1.80. The molecule has 1 N–H and O–H groups in total. The maximum atomic E-state index is 7.15. The number of nitrogens with one attached hydrogen (secondary N) is 1. The van der Waals surface area contributed by atoms with Crippen molar-refractivity contribution in [2.45, 2.75) is 7.07 Å². The van der Waals surface area contributed by atoms with E-state index in [1.54, 1.807) is 0 Å². The number of halogens is 6. The highest BCUT2D eigenvalue weighted by Gasteiger charge is 2.53. The van der Waals surface area contributed by atoms with E-state index in [4.69, 9.17) is 74.8 Å². The minimum absolute atomic E-state index is 1.80. The van der Waals surface area contributed by atoms with Crippen LogP contribution in [0.1, 0.15) is 0 Å². The van der Waals surface area contributed by atoms with Crippen molar-refractivity contribution in [1.29, 1.82) is 5.16 Å². The number of alkyl halides is 6. The summed E-state index contributed by atoms with van der Waals surface area (Å²) in [6, 6.07) is 0. The smallest absolute Gasteiger partial charge is 0.117 e. The van der Waals surface area contributed by atoms with E-state index in [0.29, 0.717) is 0 Å². The number of hydrogen-bond donors (Lipinski definition) is 1. The zero-order valence-corrected chi connectivity index (χ0v) is 9.65. The first-order chi connectivity index (χ1) is 4.15. The van der Waals surface area contributed by atoms with Crippen molar-refractivity contribution < 1.29 is 0 Å². The van der Waals surface area contributed by atoms with Gasteiger partial charge in [-0.15, -0.1) is 5.16 Å². The van der Waals surface area contributed by atoms with Gasteiger partial charge < -0.3 is 0 Å². The lowest BCUT2D eigenvalue weighted by Crippen LogP contribution is -2.05. The predicted molar refractivity (Wildman–Crippen MR) is 50.2 cm³/mol. The SMILES string of the molecule is N=[P+](C(Cl)(Cl)Cl)C(Cl)(Cl)Cl. The van der Waals surface area contributed by atoms with E-state index >= 15 is 0 Å². The van der Waals surface area contributed by atoms with Gasteiger partial charge in [-0.1, -0.05) is 0 Å². The summed E-state index contributed by atoms with van der Waals surface area (Å²) in [6.45, 7) is 0. The molecule has 0 bridgehead atoms. The maximum absolute atomic E-state index is 7.15. The van der Waals surface area contributed by atoms with Crippen molar-refractivity contribution in [3.8, 4) is 0 Å². The zero-order chi connectivity index (χ0) is 8.58. The van der Waals surface area contributed by atoms with Crippen LogP contribution in [0, 0.1) is 5.16 Å². The normalized spacial score (nSPS) is 13.4. The molecule has 10 heavy (non-hydrogen) atoms. The zero-order valence-electron chi connectivity index (χ0n) is 4.22. The van der Waals surface area contributed by atoms with Crippen LogP contribution in [0.25, 0.3) is 0 Å². The lowest BCUT2D eigenvalue weighted by atomic mass is 11.8. The molecule has 0 unspecified atom stereocenters. The van der Waals surface area contributed by atoms with Crippen molar-refractivity contribution in [3.05, 3.63) is 0 Å². The first-order valence-corrected chi connectivity index (χ1v) is 5.41. The van der Waals surface area contributed by atoms with Gasteiger partial charge in [0.05, 0.1) is 0 Å². The summed E-state index contributed by atoms with van der Waals surface area (Å²) in [5.41, 5.74) is 0. The molecule has 0 aliphatic carbocycles. The molecule has 8 heteroatoms. The second kappa shape index (κ2) is 3.70. The first kappa shape index (κ1) is 11.8. The summed E-state index contributed by atoms with van der Waals surface area (Å²) in [4.78, 5) is 0. The molecule has 0 aromatic carbocycles. The maximum Gasteiger partial charge on any atom is 0.372 e. The molecule has 0 aliphatic rings. The molecule has 0 aromatic heterocycles.